The normalized spacial score (nSPS) is 10.2. The van der Waals surface area contributed by atoms with E-state index >= 15 is 0 Å². The second-order valence-electron chi connectivity index (χ2n) is 4.39. The van der Waals surface area contributed by atoms with Crippen molar-refractivity contribution in [3.8, 4) is 11.6 Å². The number of carbonyl (C=O) groups is 1. The first-order valence-electron chi connectivity index (χ1n) is 6.83. The van der Waals surface area contributed by atoms with Gasteiger partial charge in [-0.15, -0.1) is 0 Å². The van der Waals surface area contributed by atoms with E-state index in [-0.39, 0.29) is 5.91 Å². The first-order chi connectivity index (χ1) is 10.2. The highest BCUT2D eigenvalue weighted by Crippen LogP contribution is 2.25. The van der Waals surface area contributed by atoms with E-state index < -0.39 is 0 Å². The van der Waals surface area contributed by atoms with Gasteiger partial charge in [0, 0.05) is 24.3 Å². The van der Waals surface area contributed by atoms with Crippen molar-refractivity contribution in [2.75, 3.05) is 13.1 Å². The van der Waals surface area contributed by atoms with Crippen molar-refractivity contribution in [2.24, 2.45) is 0 Å². The van der Waals surface area contributed by atoms with Crippen LogP contribution in [0.3, 0.4) is 0 Å². The highest BCUT2D eigenvalue weighted by Gasteiger charge is 2.18. The summed E-state index contributed by atoms with van der Waals surface area (Å²) in [4.78, 5) is 18.4. The summed E-state index contributed by atoms with van der Waals surface area (Å²) in [5, 5.41) is 0.628. The van der Waals surface area contributed by atoms with E-state index in [1.54, 1.807) is 47.5 Å². The average Bonchev–Trinajstić information content (AvgIpc) is 2.51. The molecule has 0 fully saturated rings. The summed E-state index contributed by atoms with van der Waals surface area (Å²) in [6.07, 6.45) is 1.60. The maximum atomic E-state index is 12.5. The minimum atomic E-state index is -0.0861. The van der Waals surface area contributed by atoms with Crippen molar-refractivity contribution in [3.05, 3.63) is 53.2 Å². The maximum absolute atomic E-state index is 12.5. The molecule has 0 aliphatic rings. The predicted molar refractivity (Wildman–Crippen MR) is 83.0 cm³/mol. The second-order valence-corrected chi connectivity index (χ2v) is 4.83. The molecule has 0 saturated carbocycles. The zero-order chi connectivity index (χ0) is 15.2. The highest BCUT2D eigenvalue weighted by atomic mass is 35.5. The molecule has 1 aromatic carbocycles. The fraction of sp³-hybridized carbons (Fsp3) is 0.250. The van der Waals surface area contributed by atoms with E-state index in [1.807, 2.05) is 13.8 Å². The standard InChI is InChI=1S/C16H17ClN2O2/c1-3-19(4-2)16(20)14-6-5-11-18-15(14)21-13-9-7-12(17)8-10-13/h5-11H,3-4H2,1-2H3. The Kier molecular flexibility index (Phi) is 5.17. The number of pyridine rings is 1. The fourth-order valence-corrected chi connectivity index (χ4v) is 2.06. The quantitative estimate of drug-likeness (QED) is 0.838. The molecule has 2 rings (SSSR count). The number of halogens is 1. The Bertz CT molecular complexity index is 610. The molecule has 21 heavy (non-hydrogen) atoms. The van der Waals surface area contributed by atoms with Crippen molar-refractivity contribution in [1.29, 1.82) is 0 Å². The smallest absolute Gasteiger partial charge is 0.259 e. The number of hydrogen-bond acceptors (Lipinski definition) is 3. The molecule has 0 aliphatic carbocycles. The van der Waals surface area contributed by atoms with Crippen LogP contribution in [0.15, 0.2) is 42.6 Å². The summed E-state index contributed by atoms with van der Waals surface area (Å²) in [5.74, 6) is 0.806. The summed E-state index contributed by atoms with van der Waals surface area (Å²) >= 11 is 5.84. The molecular weight excluding hydrogens is 288 g/mol. The molecule has 0 unspecified atom stereocenters. The molecule has 0 bridgehead atoms. The van der Waals surface area contributed by atoms with Crippen molar-refractivity contribution >= 4 is 17.5 Å². The van der Waals surface area contributed by atoms with Gasteiger partial charge >= 0.3 is 0 Å². The number of carbonyl (C=O) groups excluding carboxylic acids is 1. The van der Waals surface area contributed by atoms with Gasteiger partial charge in [0.05, 0.1) is 0 Å². The van der Waals surface area contributed by atoms with Gasteiger partial charge in [-0.2, -0.15) is 0 Å². The van der Waals surface area contributed by atoms with Gasteiger partial charge in [0.2, 0.25) is 5.88 Å². The SMILES string of the molecule is CCN(CC)C(=O)c1cccnc1Oc1ccc(Cl)cc1. The third-order valence-electron chi connectivity index (χ3n) is 3.08. The average molecular weight is 305 g/mol. The van der Waals surface area contributed by atoms with Crippen molar-refractivity contribution in [2.45, 2.75) is 13.8 Å². The molecule has 5 heteroatoms. The predicted octanol–water partition coefficient (Wildman–Crippen LogP) is 4.01. The molecule has 0 atom stereocenters. The van der Waals surface area contributed by atoms with Crippen LogP contribution in [-0.2, 0) is 0 Å². The van der Waals surface area contributed by atoms with Crippen LogP contribution < -0.4 is 4.74 Å². The highest BCUT2D eigenvalue weighted by molar-refractivity contribution is 6.30. The van der Waals surface area contributed by atoms with E-state index in [0.29, 0.717) is 35.3 Å². The van der Waals surface area contributed by atoms with Crippen molar-refractivity contribution < 1.29 is 9.53 Å². The van der Waals surface area contributed by atoms with E-state index in [0.717, 1.165) is 0 Å². The van der Waals surface area contributed by atoms with Crippen molar-refractivity contribution in [3.63, 3.8) is 0 Å². The van der Waals surface area contributed by atoms with Crippen molar-refractivity contribution in [1.82, 2.24) is 9.88 Å². The molecule has 1 heterocycles. The topological polar surface area (TPSA) is 42.4 Å². The molecule has 4 nitrogen and oxygen atoms in total. The summed E-state index contributed by atoms with van der Waals surface area (Å²) < 4.78 is 5.71. The number of hydrogen-bond donors (Lipinski definition) is 0. The summed E-state index contributed by atoms with van der Waals surface area (Å²) in [7, 11) is 0. The van der Waals surface area contributed by atoms with Gasteiger partial charge in [-0.3, -0.25) is 4.79 Å². The Morgan fingerprint density at radius 2 is 1.86 bits per heavy atom. The number of amides is 1. The van der Waals surface area contributed by atoms with Crippen LogP contribution in [-0.4, -0.2) is 28.9 Å². The van der Waals surface area contributed by atoms with Crippen LogP contribution in [0.1, 0.15) is 24.2 Å². The van der Waals surface area contributed by atoms with Gasteiger partial charge in [0.25, 0.3) is 5.91 Å². The van der Waals surface area contributed by atoms with E-state index in [4.69, 9.17) is 16.3 Å². The van der Waals surface area contributed by atoms with E-state index in [1.165, 1.54) is 0 Å². The zero-order valence-electron chi connectivity index (χ0n) is 12.0. The molecule has 0 N–H and O–H groups in total. The molecule has 110 valence electrons. The molecule has 0 radical (unpaired) electrons. The lowest BCUT2D eigenvalue weighted by molar-refractivity contribution is 0.0769. The Labute approximate surface area is 129 Å². The summed E-state index contributed by atoms with van der Waals surface area (Å²) in [5.41, 5.74) is 0.455. The lowest BCUT2D eigenvalue weighted by Gasteiger charge is -2.19. The summed E-state index contributed by atoms with van der Waals surface area (Å²) in [6, 6.07) is 10.4. The van der Waals surface area contributed by atoms with Gasteiger partial charge in [0.1, 0.15) is 11.3 Å². The lowest BCUT2D eigenvalue weighted by atomic mass is 10.2. The van der Waals surface area contributed by atoms with Crippen LogP contribution in [0, 0.1) is 0 Å². The monoisotopic (exact) mass is 304 g/mol. The fourth-order valence-electron chi connectivity index (χ4n) is 1.93. The van der Waals surface area contributed by atoms with Gasteiger partial charge in [-0.25, -0.2) is 4.98 Å². The lowest BCUT2D eigenvalue weighted by Crippen LogP contribution is -2.30. The van der Waals surface area contributed by atoms with E-state index in [2.05, 4.69) is 4.98 Å². The number of rotatable bonds is 5. The molecular formula is C16H17ClN2O2. The number of benzene rings is 1. The third-order valence-corrected chi connectivity index (χ3v) is 3.33. The van der Waals surface area contributed by atoms with Gasteiger partial charge < -0.3 is 9.64 Å². The maximum Gasteiger partial charge on any atom is 0.259 e. The number of nitrogens with zero attached hydrogens (tertiary/aromatic N) is 2. The largest absolute Gasteiger partial charge is 0.438 e. The van der Waals surface area contributed by atoms with Crippen LogP contribution in [0.5, 0.6) is 11.6 Å². The van der Waals surface area contributed by atoms with Gasteiger partial charge in [-0.1, -0.05) is 11.6 Å². The second kappa shape index (κ2) is 7.09. The third kappa shape index (κ3) is 3.73. The molecule has 0 spiro atoms. The van der Waals surface area contributed by atoms with Crippen LogP contribution in [0.25, 0.3) is 0 Å². The molecule has 0 aliphatic heterocycles. The first kappa shape index (κ1) is 15.3. The van der Waals surface area contributed by atoms with Crippen LogP contribution in [0.2, 0.25) is 5.02 Å². The number of ether oxygens (including phenoxy) is 1. The Morgan fingerprint density at radius 1 is 1.19 bits per heavy atom. The van der Waals surface area contributed by atoms with Gasteiger partial charge in [-0.05, 0) is 50.2 Å². The minimum Gasteiger partial charge on any atom is -0.438 e. The number of aromatic nitrogens is 1. The Morgan fingerprint density at radius 3 is 2.48 bits per heavy atom. The minimum absolute atomic E-state index is 0.0861. The molecule has 1 aromatic heterocycles. The molecule has 1 amide bonds. The van der Waals surface area contributed by atoms with Crippen LogP contribution in [0.4, 0.5) is 0 Å². The summed E-state index contributed by atoms with van der Waals surface area (Å²) in [6.45, 7) is 5.17. The van der Waals surface area contributed by atoms with Crippen LogP contribution >= 0.6 is 11.6 Å². The Hall–Kier alpha value is -2.07. The first-order valence-corrected chi connectivity index (χ1v) is 7.21. The van der Waals surface area contributed by atoms with E-state index in [9.17, 15) is 4.79 Å². The molecule has 0 saturated heterocycles. The molecule has 2 aromatic rings. The Balaban J connectivity index is 2.28. The van der Waals surface area contributed by atoms with Gasteiger partial charge in [0.15, 0.2) is 0 Å². The zero-order valence-corrected chi connectivity index (χ0v) is 12.8.